The van der Waals surface area contributed by atoms with Crippen LogP contribution in [0.4, 0.5) is 5.69 Å². The van der Waals surface area contributed by atoms with E-state index in [1.165, 1.54) is 6.07 Å². The number of hydrogen-bond donors (Lipinski definition) is 2. The van der Waals surface area contributed by atoms with Crippen LogP contribution in [0, 0.1) is 0 Å². The maximum Gasteiger partial charge on any atom is 0.272 e. The van der Waals surface area contributed by atoms with E-state index >= 15 is 0 Å². The Morgan fingerprint density at radius 1 is 1.00 bits per heavy atom. The van der Waals surface area contributed by atoms with Crippen molar-refractivity contribution in [3.05, 3.63) is 50.2 Å². The van der Waals surface area contributed by atoms with Crippen LogP contribution in [-0.2, 0) is 0 Å². The molecule has 0 radical (unpaired) electrons. The third-order valence-electron chi connectivity index (χ3n) is 2.15. The molecule has 0 spiro atoms. The molecule has 18 heavy (non-hydrogen) atoms. The maximum absolute atomic E-state index is 11.8. The minimum atomic E-state index is -0.373. The molecule has 0 bridgehead atoms. The molecule has 0 unspecified atom stereocenters. The first kappa shape index (κ1) is 13.6. The van der Waals surface area contributed by atoms with Crippen LogP contribution in [0.2, 0.25) is 20.2 Å². The summed E-state index contributed by atoms with van der Waals surface area (Å²) in [5, 5.41) is 3.92. The molecule has 1 aromatic carbocycles. The van der Waals surface area contributed by atoms with Gasteiger partial charge in [-0.05, 0) is 24.3 Å². The van der Waals surface area contributed by atoms with E-state index in [1.54, 1.807) is 18.2 Å². The summed E-state index contributed by atoms with van der Waals surface area (Å²) in [5.41, 5.74) is 0.785. The predicted molar refractivity (Wildman–Crippen MR) is 75.2 cm³/mol. The van der Waals surface area contributed by atoms with E-state index in [4.69, 9.17) is 46.4 Å². The summed E-state index contributed by atoms with van der Waals surface area (Å²) in [6, 6.07) is 6.22. The summed E-state index contributed by atoms with van der Waals surface area (Å²) >= 11 is 23.1. The quantitative estimate of drug-likeness (QED) is 0.812. The highest BCUT2D eigenvalue weighted by molar-refractivity contribution is 6.42. The zero-order valence-electron chi connectivity index (χ0n) is 8.73. The number of nitrogens with one attached hydrogen (secondary N) is 2. The minimum absolute atomic E-state index is 0.218. The lowest BCUT2D eigenvalue weighted by Crippen LogP contribution is -2.12. The van der Waals surface area contributed by atoms with Crippen molar-refractivity contribution in [1.29, 1.82) is 0 Å². The van der Waals surface area contributed by atoms with Gasteiger partial charge >= 0.3 is 0 Å². The Kier molecular flexibility index (Phi) is 4.07. The third-order valence-corrected chi connectivity index (χ3v) is 3.58. The van der Waals surface area contributed by atoms with Gasteiger partial charge in [-0.25, -0.2) is 0 Å². The molecule has 0 aliphatic rings. The number of aromatic nitrogens is 1. The normalized spacial score (nSPS) is 10.4. The van der Waals surface area contributed by atoms with Crippen molar-refractivity contribution in [3.63, 3.8) is 0 Å². The number of hydrogen-bond acceptors (Lipinski definition) is 1. The summed E-state index contributed by atoms with van der Waals surface area (Å²) in [7, 11) is 0. The van der Waals surface area contributed by atoms with Crippen molar-refractivity contribution in [1.82, 2.24) is 4.98 Å². The molecule has 7 heteroatoms. The largest absolute Gasteiger partial charge is 0.340 e. The molecule has 0 fully saturated rings. The van der Waals surface area contributed by atoms with E-state index in [2.05, 4.69) is 10.3 Å². The van der Waals surface area contributed by atoms with Crippen molar-refractivity contribution in [2.24, 2.45) is 0 Å². The topological polar surface area (TPSA) is 44.9 Å². The lowest BCUT2D eigenvalue weighted by Gasteiger charge is -2.04. The number of amides is 1. The first-order valence-corrected chi connectivity index (χ1v) is 6.29. The molecule has 94 valence electrons. The zero-order chi connectivity index (χ0) is 13.3. The van der Waals surface area contributed by atoms with Crippen LogP contribution in [0.15, 0.2) is 24.3 Å². The number of rotatable bonds is 2. The van der Waals surface area contributed by atoms with Crippen molar-refractivity contribution in [3.8, 4) is 0 Å². The van der Waals surface area contributed by atoms with Gasteiger partial charge in [-0.15, -0.1) is 0 Å². The molecule has 0 aliphatic heterocycles. The van der Waals surface area contributed by atoms with Gasteiger partial charge < -0.3 is 10.3 Å². The van der Waals surface area contributed by atoms with Gasteiger partial charge in [-0.3, -0.25) is 4.79 Å². The number of aromatic amines is 1. The smallest absolute Gasteiger partial charge is 0.272 e. The number of benzene rings is 1. The van der Waals surface area contributed by atoms with Crippen LogP contribution in [0.25, 0.3) is 0 Å². The average Bonchev–Trinajstić information content (AvgIpc) is 2.65. The summed E-state index contributed by atoms with van der Waals surface area (Å²) in [4.78, 5) is 14.5. The van der Waals surface area contributed by atoms with Crippen molar-refractivity contribution < 1.29 is 4.79 Å². The van der Waals surface area contributed by atoms with E-state index in [0.717, 1.165) is 0 Å². The summed E-state index contributed by atoms with van der Waals surface area (Å²) in [5.74, 6) is -0.373. The SMILES string of the molecule is O=C(Nc1ccc(Cl)c(Cl)c1)c1cc(Cl)c(Cl)[nH]1. The van der Waals surface area contributed by atoms with E-state index in [-0.39, 0.29) is 21.8 Å². The molecule has 0 saturated carbocycles. The maximum atomic E-state index is 11.8. The summed E-state index contributed by atoms with van der Waals surface area (Å²) in [6.45, 7) is 0. The number of anilines is 1. The molecule has 3 nitrogen and oxygen atoms in total. The molecule has 2 aromatic rings. The van der Waals surface area contributed by atoms with E-state index in [0.29, 0.717) is 15.7 Å². The van der Waals surface area contributed by atoms with E-state index < -0.39 is 0 Å². The second-order valence-electron chi connectivity index (χ2n) is 3.43. The van der Waals surface area contributed by atoms with Crippen LogP contribution in [0.1, 0.15) is 10.5 Å². The van der Waals surface area contributed by atoms with Gasteiger partial charge in [0.1, 0.15) is 10.8 Å². The minimum Gasteiger partial charge on any atom is -0.340 e. The van der Waals surface area contributed by atoms with Gasteiger partial charge in [-0.2, -0.15) is 0 Å². The monoisotopic (exact) mass is 322 g/mol. The second kappa shape index (κ2) is 5.41. The Balaban J connectivity index is 2.18. The number of carbonyl (C=O) groups is 1. The Hall–Kier alpha value is -0.870. The van der Waals surface area contributed by atoms with Crippen molar-refractivity contribution >= 4 is 58.0 Å². The summed E-state index contributed by atoms with van der Waals surface area (Å²) < 4.78 is 0. The first-order chi connectivity index (χ1) is 8.47. The Morgan fingerprint density at radius 2 is 1.72 bits per heavy atom. The second-order valence-corrected chi connectivity index (χ2v) is 5.03. The lowest BCUT2D eigenvalue weighted by atomic mass is 10.3. The number of H-pyrrole nitrogens is 1. The molecule has 1 heterocycles. The van der Waals surface area contributed by atoms with Gasteiger partial charge in [0.2, 0.25) is 0 Å². The highest BCUT2D eigenvalue weighted by Gasteiger charge is 2.12. The lowest BCUT2D eigenvalue weighted by molar-refractivity contribution is 0.102. The van der Waals surface area contributed by atoms with Gasteiger partial charge in [0.05, 0.1) is 15.1 Å². The van der Waals surface area contributed by atoms with Crippen LogP contribution < -0.4 is 5.32 Å². The predicted octanol–water partition coefficient (Wildman–Crippen LogP) is 4.88. The highest BCUT2D eigenvalue weighted by Crippen LogP contribution is 2.26. The highest BCUT2D eigenvalue weighted by atomic mass is 35.5. The first-order valence-electron chi connectivity index (χ1n) is 4.78. The fourth-order valence-electron chi connectivity index (χ4n) is 1.30. The molecular weight excluding hydrogens is 318 g/mol. The number of halogens is 4. The van der Waals surface area contributed by atoms with Crippen molar-refractivity contribution in [2.75, 3.05) is 5.32 Å². The van der Waals surface area contributed by atoms with Gasteiger partial charge in [0, 0.05) is 5.69 Å². The van der Waals surface area contributed by atoms with Crippen LogP contribution in [-0.4, -0.2) is 10.9 Å². The molecule has 1 amide bonds. The van der Waals surface area contributed by atoms with Gasteiger partial charge in [-0.1, -0.05) is 46.4 Å². The molecule has 0 aliphatic carbocycles. The fraction of sp³-hybridized carbons (Fsp3) is 0. The molecular formula is C11H6Cl4N2O. The Labute approximate surface area is 123 Å². The molecule has 2 N–H and O–H groups in total. The van der Waals surface area contributed by atoms with E-state index in [1.807, 2.05) is 0 Å². The molecule has 0 saturated heterocycles. The standard InChI is InChI=1S/C11H6Cl4N2O/c12-6-2-1-5(3-7(6)13)16-11(18)9-4-8(14)10(15)17-9/h1-4,17H,(H,16,18). The van der Waals surface area contributed by atoms with Crippen LogP contribution >= 0.6 is 46.4 Å². The Morgan fingerprint density at radius 3 is 2.28 bits per heavy atom. The third kappa shape index (κ3) is 2.93. The van der Waals surface area contributed by atoms with Gasteiger partial charge in [0.25, 0.3) is 5.91 Å². The molecule has 2 rings (SSSR count). The average molecular weight is 324 g/mol. The fourth-order valence-corrected chi connectivity index (χ4v) is 1.91. The molecule has 1 aromatic heterocycles. The van der Waals surface area contributed by atoms with Crippen LogP contribution in [0.3, 0.4) is 0 Å². The zero-order valence-corrected chi connectivity index (χ0v) is 11.8. The molecule has 0 atom stereocenters. The number of carbonyl (C=O) groups excluding carboxylic acids is 1. The van der Waals surface area contributed by atoms with Crippen molar-refractivity contribution in [2.45, 2.75) is 0 Å². The van der Waals surface area contributed by atoms with Gasteiger partial charge in [0.15, 0.2) is 0 Å². The summed E-state index contributed by atoms with van der Waals surface area (Å²) in [6.07, 6.45) is 0. The Bertz CT molecular complexity index is 590. The van der Waals surface area contributed by atoms with E-state index in [9.17, 15) is 4.79 Å². The van der Waals surface area contributed by atoms with Crippen LogP contribution in [0.5, 0.6) is 0 Å².